The molecule has 3 aliphatic heterocycles. The van der Waals surface area contributed by atoms with E-state index in [1.165, 1.54) is 5.56 Å². The van der Waals surface area contributed by atoms with E-state index in [1.807, 2.05) is 18.2 Å². The molecule has 0 saturated carbocycles. The Hall–Kier alpha value is -2.97. The third-order valence-electron chi connectivity index (χ3n) is 8.14. The molecular formula is C30H40N4O4. The summed E-state index contributed by atoms with van der Waals surface area (Å²) >= 11 is 0. The molecule has 1 amide bonds. The smallest absolute Gasteiger partial charge is 0.305 e. The van der Waals surface area contributed by atoms with Crippen LogP contribution in [0.4, 0.5) is 5.82 Å². The number of anilines is 1. The van der Waals surface area contributed by atoms with Crippen LogP contribution >= 0.6 is 0 Å². The summed E-state index contributed by atoms with van der Waals surface area (Å²) in [6.45, 7) is 5.08. The van der Waals surface area contributed by atoms with Gasteiger partial charge in [0.15, 0.2) is 0 Å². The molecule has 8 heteroatoms. The summed E-state index contributed by atoms with van der Waals surface area (Å²) in [4.78, 5) is 32.2. The standard InChI is InChI=1S/C30H40N4O4/c35-28(36)18-27(23-6-1-5-22(17-23)25-12-16-38-20-25)33-30(37)24-8-3-14-34(19-24)15-4-9-26-11-10-21-7-2-13-31-29(21)32-26/h1,5-6,10-11,17,24-25,27H,2-4,7-9,12-16,18-20H2,(H,31,32)(H,33,37)(H,35,36)/t24-,25-,27+/m1/s1. The number of aliphatic carboxylic acids is 1. The number of carbonyl (C=O) groups excluding carboxylic acids is 1. The van der Waals surface area contributed by atoms with Gasteiger partial charge in [-0.25, -0.2) is 4.98 Å². The number of hydrogen-bond donors (Lipinski definition) is 3. The number of nitrogens with one attached hydrogen (secondary N) is 2. The Bertz CT molecular complexity index is 1120. The van der Waals surface area contributed by atoms with Gasteiger partial charge in [-0.15, -0.1) is 0 Å². The summed E-state index contributed by atoms with van der Waals surface area (Å²) in [5.41, 5.74) is 4.43. The minimum atomic E-state index is -0.916. The lowest BCUT2D eigenvalue weighted by atomic mass is 9.92. The number of likely N-dealkylation sites (tertiary alicyclic amines) is 1. The molecule has 0 radical (unpaired) electrons. The molecule has 0 aliphatic carbocycles. The Morgan fingerprint density at radius 2 is 2.13 bits per heavy atom. The summed E-state index contributed by atoms with van der Waals surface area (Å²) in [6, 6.07) is 11.8. The molecule has 3 aliphatic rings. The van der Waals surface area contributed by atoms with Gasteiger partial charge in [0.05, 0.1) is 25.0 Å². The fourth-order valence-corrected chi connectivity index (χ4v) is 6.01. The predicted molar refractivity (Wildman–Crippen MR) is 146 cm³/mol. The van der Waals surface area contributed by atoms with Gasteiger partial charge in [0.25, 0.3) is 0 Å². The van der Waals surface area contributed by atoms with Crippen LogP contribution in [-0.4, -0.2) is 66.3 Å². The number of carbonyl (C=O) groups is 2. The average Bonchev–Trinajstić information content (AvgIpc) is 3.48. The lowest BCUT2D eigenvalue weighted by molar-refractivity contribution is -0.138. The van der Waals surface area contributed by atoms with Crippen LogP contribution in [0.1, 0.15) is 72.9 Å². The fourth-order valence-electron chi connectivity index (χ4n) is 6.01. The minimum Gasteiger partial charge on any atom is -0.481 e. The zero-order valence-corrected chi connectivity index (χ0v) is 22.2. The lowest BCUT2D eigenvalue weighted by Gasteiger charge is -2.33. The maximum atomic E-state index is 13.3. The summed E-state index contributed by atoms with van der Waals surface area (Å²) in [7, 11) is 0. The van der Waals surface area contributed by atoms with Gasteiger partial charge in [-0.3, -0.25) is 9.59 Å². The quantitative estimate of drug-likeness (QED) is 0.436. The second-order valence-electron chi connectivity index (χ2n) is 11.0. The zero-order chi connectivity index (χ0) is 26.3. The van der Waals surface area contributed by atoms with Crippen molar-refractivity contribution in [2.45, 2.75) is 63.3 Å². The number of aromatic nitrogens is 1. The molecule has 0 unspecified atom stereocenters. The van der Waals surface area contributed by atoms with Crippen LogP contribution < -0.4 is 10.6 Å². The number of benzene rings is 1. The summed E-state index contributed by atoms with van der Waals surface area (Å²) in [5, 5.41) is 16.1. The van der Waals surface area contributed by atoms with E-state index in [9.17, 15) is 14.7 Å². The number of nitrogens with zero attached hydrogens (tertiary/aromatic N) is 2. The molecule has 2 saturated heterocycles. The van der Waals surface area contributed by atoms with Gasteiger partial charge in [0.1, 0.15) is 5.82 Å². The van der Waals surface area contributed by atoms with Crippen molar-refractivity contribution in [3.8, 4) is 0 Å². The van der Waals surface area contributed by atoms with E-state index >= 15 is 0 Å². The van der Waals surface area contributed by atoms with Crippen molar-refractivity contribution < 1.29 is 19.4 Å². The van der Waals surface area contributed by atoms with Crippen LogP contribution in [0.15, 0.2) is 36.4 Å². The number of amides is 1. The molecular weight excluding hydrogens is 480 g/mol. The highest BCUT2D eigenvalue weighted by Gasteiger charge is 2.29. The molecule has 5 rings (SSSR count). The second-order valence-corrected chi connectivity index (χ2v) is 11.0. The van der Waals surface area contributed by atoms with E-state index < -0.39 is 12.0 Å². The first-order chi connectivity index (χ1) is 18.5. The first-order valence-electron chi connectivity index (χ1n) is 14.2. The van der Waals surface area contributed by atoms with Crippen LogP contribution in [0.5, 0.6) is 0 Å². The fraction of sp³-hybridized carbons (Fsp3) is 0.567. The van der Waals surface area contributed by atoms with E-state index in [1.54, 1.807) is 0 Å². The molecule has 2 fully saturated rings. The van der Waals surface area contributed by atoms with E-state index in [-0.39, 0.29) is 18.2 Å². The van der Waals surface area contributed by atoms with Crippen LogP contribution in [0.3, 0.4) is 0 Å². The molecule has 3 atom stereocenters. The third kappa shape index (κ3) is 6.91. The Morgan fingerprint density at radius 3 is 2.97 bits per heavy atom. The topological polar surface area (TPSA) is 104 Å². The number of aryl methyl sites for hydroxylation is 2. The van der Waals surface area contributed by atoms with Gasteiger partial charge in [-0.1, -0.05) is 30.3 Å². The van der Waals surface area contributed by atoms with Crippen molar-refractivity contribution in [2.24, 2.45) is 5.92 Å². The van der Waals surface area contributed by atoms with Gasteiger partial charge in [0, 0.05) is 31.3 Å². The molecule has 4 heterocycles. The van der Waals surface area contributed by atoms with Crippen LogP contribution in [-0.2, 0) is 27.2 Å². The van der Waals surface area contributed by atoms with Crippen molar-refractivity contribution in [3.63, 3.8) is 0 Å². The van der Waals surface area contributed by atoms with Crippen LogP contribution in [0.2, 0.25) is 0 Å². The highest BCUT2D eigenvalue weighted by atomic mass is 16.5. The van der Waals surface area contributed by atoms with Crippen molar-refractivity contribution in [1.82, 2.24) is 15.2 Å². The number of ether oxygens (including phenoxy) is 1. The summed E-state index contributed by atoms with van der Waals surface area (Å²) < 4.78 is 5.53. The first-order valence-corrected chi connectivity index (χ1v) is 14.2. The molecule has 0 bridgehead atoms. The van der Waals surface area contributed by atoms with Crippen molar-refractivity contribution >= 4 is 17.7 Å². The van der Waals surface area contributed by atoms with Crippen LogP contribution in [0, 0.1) is 5.92 Å². The molecule has 204 valence electrons. The van der Waals surface area contributed by atoms with E-state index in [0.29, 0.717) is 19.1 Å². The number of carboxylic acid groups (broad SMARTS) is 1. The van der Waals surface area contributed by atoms with Crippen molar-refractivity contribution in [3.05, 3.63) is 58.8 Å². The molecule has 0 spiro atoms. The normalized spacial score (nSPS) is 22.3. The van der Waals surface area contributed by atoms with Crippen molar-refractivity contribution in [2.75, 3.05) is 44.7 Å². The molecule has 1 aromatic heterocycles. The number of pyridine rings is 1. The molecule has 2 aromatic rings. The minimum absolute atomic E-state index is 0.0435. The number of hydrogen-bond acceptors (Lipinski definition) is 6. The Labute approximate surface area is 225 Å². The number of carboxylic acids is 1. The van der Waals surface area contributed by atoms with Crippen LogP contribution in [0.25, 0.3) is 0 Å². The van der Waals surface area contributed by atoms with E-state index in [2.05, 4.69) is 33.7 Å². The van der Waals surface area contributed by atoms with Gasteiger partial charge < -0.3 is 25.4 Å². The molecule has 8 nitrogen and oxygen atoms in total. The largest absolute Gasteiger partial charge is 0.481 e. The van der Waals surface area contributed by atoms with Gasteiger partial charge in [-0.2, -0.15) is 0 Å². The summed E-state index contributed by atoms with van der Waals surface area (Å²) in [5.74, 6) is 0.286. The molecule has 38 heavy (non-hydrogen) atoms. The third-order valence-corrected chi connectivity index (χ3v) is 8.14. The number of fused-ring (bicyclic) bond motifs is 1. The molecule has 3 N–H and O–H groups in total. The maximum Gasteiger partial charge on any atom is 0.305 e. The maximum absolute atomic E-state index is 13.3. The highest BCUT2D eigenvalue weighted by Crippen LogP contribution is 2.29. The van der Waals surface area contributed by atoms with Gasteiger partial charge >= 0.3 is 5.97 Å². The zero-order valence-electron chi connectivity index (χ0n) is 22.2. The molecule has 1 aromatic carbocycles. The predicted octanol–water partition coefficient (Wildman–Crippen LogP) is 3.92. The second kappa shape index (κ2) is 12.7. The Morgan fingerprint density at radius 1 is 1.21 bits per heavy atom. The van der Waals surface area contributed by atoms with E-state index in [4.69, 9.17) is 9.72 Å². The van der Waals surface area contributed by atoms with Crippen molar-refractivity contribution in [1.29, 1.82) is 0 Å². The highest BCUT2D eigenvalue weighted by molar-refractivity contribution is 5.80. The lowest BCUT2D eigenvalue weighted by Crippen LogP contribution is -2.44. The van der Waals surface area contributed by atoms with Gasteiger partial charge in [0.2, 0.25) is 5.91 Å². The van der Waals surface area contributed by atoms with Gasteiger partial charge in [-0.05, 0) is 80.8 Å². The number of rotatable bonds is 10. The van der Waals surface area contributed by atoms with E-state index in [0.717, 1.165) is 93.8 Å². The Balaban J connectivity index is 1.15. The summed E-state index contributed by atoms with van der Waals surface area (Å²) in [6.07, 6.45) is 6.83. The monoisotopic (exact) mass is 520 g/mol. The Kier molecular flexibility index (Phi) is 8.91. The first kappa shape index (κ1) is 26.6. The number of piperidine rings is 1. The SMILES string of the molecule is O=C(O)C[C@H](NC(=O)[C@@H]1CCCN(CCCc2ccc3c(n2)NCCC3)C1)c1cccc([C@@H]2CCOC2)c1. The average molecular weight is 521 g/mol.